The molecule has 1 saturated heterocycles. The van der Waals surface area contributed by atoms with E-state index in [1.54, 1.807) is 7.11 Å². The van der Waals surface area contributed by atoms with Crippen molar-refractivity contribution in [2.75, 3.05) is 46.5 Å². The molecule has 8 heteroatoms. The molecule has 0 saturated carbocycles. The van der Waals surface area contributed by atoms with E-state index in [0.717, 1.165) is 50.1 Å². The molecule has 2 aliphatic rings. The number of amides is 2. The van der Waals surface area contributed by atoms with Crippen LogP contribution in [0.2, 0.25) is 0 Å². The van der Waals surface area contributed by atoms with Crippen molar-refractivity contribution in [3.63, 3.8) is 0 Å². The molecule has 2 N–H and O–H groups in total. The summed E-state index contributed by atoms with van der Waals surface area (Å²) in [5.74, 6) is 1.20. The maximum Gasteiger partial charge on any atom is 0.407 e. The minimum absolute atomic E-state index is 0.00165. The van der Waals surface area contributed by atoms with Crippen LogP contribution in [0.25, 0.3) is 0 Å². The van der Waals surface area contributed by atoms with Gasteiger partial charge in [0.1, 0.15) is 11.9 Å². The van der Waals surface area contributed by atoms with Crippen LogP contribution >= 0.6 is 0 Å². The Morgan fingerprint density at radius 1 is 1.05 bits per heavy atom. The second kappa shape index (κ2) is 14.5. The van der Waals surface area contributed by atoms with Gasteiger partial charge in [-0.15, -0.1) is 0 Å². The summed E-state index contributed by atoms with van der Waals surface area (Å²) in [6.07, 6.45) is 2.68. The molecule has 0 unspecified atom stereocenters. The average Bonchev–Trinajstić information content (AvgIpc) is 3.58. The van der Waals surface area contributed by atoms with Crippen LogP contribution in [0.5, 0.6) is 5.75 Å². The van der Waals surface area contributed by atoms with Crippen LogP contribution < -0.4 is 15.4 Å². The Morgan fingerprint density at radius 2 is 1.77 bits per heavy atom. The van der Waals surface area contributed by atoms with Gasteiger partial charge in [-0.25, -0.2) is 4.79 Å². The maximum atomic E-state index is 13.7. The number of carbonyl (C=O) groups excluding carboxylic acids is 2. The number of aryl methyl sites for hydroxylation is 1. The summed E-state index contributed by atoms with van der Waals surface area (Å²) < 4.78 is 16.9. The number of ether oxygens (including phenoxy) is 3. The number of hydrogen-bond acceptors (Lipinski definition) is 6. The second-order valence-corrected chi connectivity index (χ2v) is 11.2. The number of rotatable bonds is 13. The number of alkyl carbamates (subject to hydrolysis) is 1. The quantitative estimate of drug-likeness (QED) is 0.362. The van der Waals surface area contributed by atoms with Crippen LogP contribution in [0.1, 0.15) is 54.2 Å². The number of benzene rings is 2. The fourth-order valence-corrected chi connectivity index (χ4v) is 5.70. The van der Waals surface area contributed by atoms with Crippen molar-refractivity contribution in [3.05, 3.63) is 64.7 Å². The van der Waals surface area contributed by atoms with E-state index in [1.807, 2.05) is 49.1 Å². The van der Waals surface area contributed by atoms with E-state index in [-0.39, 0.29) is 36.0 Å². The predicted octanol–water partition coefficient (Wildman–Crippen LogP) is 4.24. The first-order valence-electron chi connectivity index (χ1n) is 14.7. The minimum atomic E-state index is -0.366. The van der Waals surface area contributed by atoms with Gasteiger partial charge in [-0.3, -0.25) is 4.79 Å². The molecule has 8 nitrogen and oxygen atoms in total. The van der Waals surface area contributed by atoms with Gasteiger partial charge in [0.25, 0.3) is 5.91 Å². The van der Waals surface area contributed by atoms with Crippen LogP contribution in [0, 0.1) is 11.8 Å². The maximum absolute atomic E-state index is 13.7. The second-order valence-electron chi connectivity index (χ2n) is 11.2. The number of methoxy groups -OCH3 is 1. The van der Waals surface area contributed by atoms with Crippen molar-refractivity contribution in [2.24, 2.45) is 11.8 Å². The van der Waals surface area contributed by atoms with Crippen molar-refractivity contribution in [1.82, 2.24) is 15.5 Å². The normalized spacial score (nSPS) is 18.5. The van der Waals surface area contributed by atoms with Crippen LogP contribution in [0.4, 0.5) is 4.79 Å². The van der Waals surface area contributed by atoms with E-state index in [9.17, 15) is 9.59 Å². The Hall–Kier alpha value is -3.10. The molecule has 2 aromatic carbocycles. The van der Waals surface area contributed by atoms with Crippen LogP contribution in [0.3, 0.4) is 0 Å². The third-order valence-corrected chi connectivity index (χ3v) is 8.04. The van der Waals surface area contributed by atoms with E-state index < -0.39 is 0 Å². The zero-order valence-corrected chi connectivity index (χ0v) is 24.4. The number of nitrogens with zero attached hydrogens (tertiary/aromatic N) is 1. The van der Waals surface area contributed by atoms with Gasteiger partial charge >= 0.3 is 6.09 Å². The van der Waals surface area contributed by atoms with Crippen LogP contribution in [-0.2, 0) is 28.7 Å². The lowest BCUT2D eigenvalue weighted by atomic mass is 9.94. The summed E-state index contributed by atoms with van der Waals surface area (Å²) in [4.78, 5) is 28.2. The predicted molar refractivity (Wildman–Crippen MR) is 156 cm³/mol. The van der Waals surface area contributed by atoms with E-state index >= 15 is 0 Å². The Morgan fingerprint density at radius 3 is 2.45 bits per heavy atom. The summed E-state index contributed by atoms with van der Waals surface area (Å²) in [5.41, 5.74) is 4.24. The Bertz CT molecular complexity index is 1110. The van der Waals surface area contributed by atoms with Gasteiger partial charge < -0.3 is 29.7 Å². The topological polar surface area (TPSA) is 89.1 Å². The van der Waals surface area contributed by atoms with Crippen molar-refractivity contribution >= 4 is 12.0 Å². The van der Waals surface area contributed by atoms with Crippen LogP contribution in [0.15, 0.2) is 42.5 Å². The number of nitrogens with one attached hydrogen (secondary N) is 2. The lowest BCUT2D eigenvalue weighted by molar-refractivity contribution is 0.0657. The first-order chi connectivity index (χ1) is 19.4. The molecule has 1 fully saturated rings. The Labute approximate surface area is 238 Å². The highest BCUT2D eigenvalue weighted by Gasteiger charge is 2.32. The third kappa shape index (κ3) is 7.76. The summed E-state index contributed by atoms with van der Waals surface area (Å²) in [6.45, 7) is 10.1. The molecule has 1 aliphatic heterocycles. The molecule has 0 bridgehead atoms. The molecule has 1 heterocycles. The van der Waals surface area contributed by atoms with Crippen molar-refractivity contribution in [1.29, 1.82) is 0 Å². The van der Waals surface area contributed by atoms with E-state index in [1.165, 1.54) is 11.1 Å². The highest BCUT2D eigenvalue weighted by molar-refractivity contribution is 5.95. The summed E-state index contributed by atoms with van der Waals surface area (Å²) >= 11 is 0. The fraction of sp³-hybridized carbons (Fsp3) is 0.562. The number of hydrogen-bond donors (Lipinski definition) is 2. The molecule has 2 atom stereocenters. The van der Waals surface area contributed by atoms with Crippen LogP contribution in [-0.4, -0.2) is 75.5 Å². The largest absolute Gasteiger partial charge is 0.493 e. The summed E-state index contributed by atoms with van der Waals surface area (Å²) in [5, 5.41) is 6.44. The van der Waals surface area contributed by atoms with Crippen molar-refractivity contribution < 1.29 is 23.8 Å². The molecule has 2 aromatic rings. The standard InChI is InChI=1S/C32H45N3O5/c1-5-23-11-12-26(17-30(23)39-14-8-13-38-4)31(36)35(22(2)3)21-28-19-33-18-27(28)20-34-32(37)40-29-15-24-9-6-7-10-25(24)16-29/h6-7,9-12,17,22,27-29,33H,5,8,13-16,18-21H2,1-4H3,(H,34,37)/t27-,28-/m0/s1. The number of carbonyl (C=O) groups is 2. The molecule has 2 amide bonds. The Kier molecular flexibility index (Phi) is 10.8. The molecular formula is C32H45N3O5. The Balaban J connectivity index is 1.32. The average molecular weight is 552 g/mol. The van der Waals surface area contributed by atoms with Crippen molar-refractivity contribution in [2.45, 2.75) is 58.6 Å². The first kappa shape index (κ1) is 29.9. The molecule has 1 aliphatic carbocycles. The zero-order valence-electron chi connectivity index (χ0n) is 24.4. The first-order valence-corrected chi connectivity index (χ1v) is 14.7. The molecule has 0 radical (unpaired) electrons. The minimum Gasteiger partial charge on any atom is -0.493 e. The van der Waals surface area contributed by atoms with E-state index in [2.05, 4.69) is 29.7 Å². The van der Waals surface area contributed by atoms with Gasteiger partial charge in [-0.05, 0) is 60.9 Å². The van der Waals surface area contributed by atoms with Gasteiger partial charge in [0, 0.05) is 70.8 Å². The van der Waals surface area contributed by atoms with E-state index in [0.29, 0.717) is 31.9 Å². The van der Waals surface area contributed by atoms with Gasteiger partial charge in [0.05, 0.1) is 6.61 Å². The molecule has 0 aromatic heterocycles. The molecule has 218 valence electrons. The lowest BCUT2D eigenvalue weighted by Crippen LogP contribution is -2.44. The van der Waals surface area contributed by atoms with Gasteiger partial charge in [-0.1, -0.05) is 37.3 Å². The fourth-order valence-electron chi connectivity index (χ4n) is 5.70. The summed E-state index contributed by atoms with van der Waals surface area (Å²) in [7, 11) is 1.68. The third-order valence-electron chi connectivity index (χ3n) is 8.04. The van der Waals surface area contributed by atoms with Gasteiger partial charge in [0.15, 0.2) is 0 Å². The van der Waals surface area contributed by atoms with Crippen molar-refractivity contribution in [3.8, 4) is 5.75 Å². The highest BCUT2D eigenvalue weighted by Crippen LogP contribution is 2.26. The molecular weight excluding hydrogens is 506 g/mol. The molecule has 4 rings (SSSR count). The summed E-state index contributed by atoms with van der Waals surface area (Å²) in [6, 6.07) is 14.1. The SMILES string of the molecule is CCc1ccc(C(=O)N(C[C@@H]2CNC[C@H]2CNC(=O)OC2Cc3ccccc3C2)C(C)C)cc1OCCCOC. The monoisotopic (exact) mass is 551 g/mol. The highest BCUT2D eigenvalue weighted by atomic mass is 16.6. The number of fused-ring (bicyclic) bond motifs is 1. The van der Waals surface area contributed by atoms with Gasteiger partial charge in [-0.2, -0.15) is 0 Å². The molecule has 40 heavy (non-hydrogen) atoms. The van der Waals surface area contributed by atoms with Gasteiger partial charge in [0.2, 0.25) is 0 Å². The van der Waals surface area contributed by atoms with E-state index in [4.69, 9.17) is 14.2 Å². The molecule has 0 spiro atoms. The lowest BCUT2D eigenvalue weighted by Gasteiger charge is -2.32. The smallest absolute Gasteiger partial charge is 0.407 e. The zero-order chi connectivity index (χ0) is 28.5.